The van der Waals surface area contributed by atoms with Gasteiger partial charge in [0.05, 0.1) is 0 Å². The molecule has 2 aliphatic rings. The molecule has 0 bridgehead atoms. The topological polar surface area (TPSA) is 149 Å². The molecular weight excluding hydrogens is 353 g/mol. The van der Waals surface area contributed by atoms with Crippen LogP contribution in [-0.2, 0) is 4.57 Å². The van der Waals surface area contributed by atoms with Crippen LogP contribution >= 0.6 is 20.7 Å². The van der Waals surface area contributed by atoms with Crippen LogP contribution in [0.5, 0.6) is 0 Å². The van der Waals surface area contributed by atoms with Crippen LogP contribution in [0.4, 0.5) is 0 Å². The third kappa shape index (κ3) is 29.1. The highest BCUT2D eigenvalue weighted by molar-refractivity contribution is 7.30. The Labute approximate surface area is 152 Å². The summed E-state index contributed by atoms with van der Waals surface area (Å²) in [5.41, 5.74) is 10.2. The highest BCUT2D eigenvalue weighted by Gasteiger charge is 1.96. The number of aliphatic imine (C=N–C) groups is 1. The van der Waals surface area contributed by atoms with Gasteiger partial charge in [-0.2, -0.15) is 4.99 Å². The Kier molecular flexibility index (Phi) is 23.3. The van der Waals surface area contributed by atoms with Gasteiger partial charge < -0.3 is 16.4 Å². The molecule has 0 aliphatic heterocycles. The first kappa shape index (κ1) is 27.9. The molecule has 2 fully saturated rings. The molecule has 10 heteroatoms. The summed E-state index contributed by atoms with van der Waals surface area (Å²) >= 11 is 0. The van der Waals surface area contributed by atoms with Gasteiger partial charge in [0, 0.05) is 18.7 Å². The molecule has 0 radical (unpaired) electrons. The molecule has 2 aliphatic carbocycles. The Morgan fingerprint density at radius 2 is 1.12 bits per heavy atom. The highest BCUT2D eigenvalue weighted by Crippen LogP contribution is 2.15. The minimum Gasteiger partial charge on any atom is -0.369 e. The molecule has 0 heterocycles. The van der Waals surface area contributed by atoms with E-state index in [-0.39, 0.29) is 24.3 Å². The quantitative estimate of drug-likeness (QED) is 0.245. The van der Waals surface area contributed by atoms with Crippen molar-refractivity contribution in [3.05, 3.63) is 0 Å². The van der Waals surface area contributed by atoms with E-state index in [1.54, 1.807) is 19.0 Å². The first-order chi connectivity index (χ1) is 10.8. The minimum absolute atomic E-state index is 0. The summed E-state index contributed by atoms with van der Waals surface area (Å²) in [5.74, 6) is -0.0382. The van der Waals surface area contributed by atoms with E-state index in [1.807, 2.05) is 0 Å². The van der Waals surface area contributed by atoms with Crippen molar-refractivity contribution < 1.29 is 14.4 Å². The normalized spacial score (nSPS) is 15.2. The van der Waals surface area contributed by atoms with Crippen LogP contribution in [0.25, 0.3) is 0 Å². The smallest absolute Gasteiger partial charge is 0.369 e. The van der Waals surface area contributed by atoms with Crippen molar-refractivity contribution in [3.63, 3.8) is 0 Å². The van der Waals surface area contributed by atoms with E-state index in [4.69, 9.17) is 31.2 Å². The minimum atomic E-state index is -2.87. The van der Waals surface area contributed by atoms with Crippen molar-refractivity contribution in [2.75, 3.05) is 14.1 Å². The molecular formula is C14H34ClN5O3P+. The Hall–Kier alpha value is -0.950. The van der Waals surface area contributed by atoms with Gasteiger partial charge in [0.1, 0.15) is 0 Å². The zero-order valence-corrected chi connectivity index (χ0v) is 16.5. The SMILES string of the molecule is C1CCC1.C1CCCCC1.CN(C)C(N)=NC(=N)N.Cl.O=[P+](O)O. The maximum Gasteiger partial charge on any atom is 0.692 e. The van der Waals surface area contributed by atoms with Crippen molar-refractivity contribution in [1.82, 2.24) is 4.90 Å². The van der Waals surface area contributed by atoms with E-state index < -0.39 is 8.25 Å². The third-order valence-electron chi connectivity index (χ3n) is 3.19. The van der Waals surface area contributed by atoms with Crippen molar-refractivity contribution >= 4 is 32.6 Å². The largest absolute Gasteiger partial charge is 0.692 e. The van der Waals surface area contributed by atoms with Crippen LogP contribution < -0.4 is 11.5 Å². The van der Waals surface area contributed by atoms with Gasteiger partial charge in [0.15, 0.2) is 5.96 Å². The second-order valence-corrected chi connectivity index (χ2v) is 6.04. The second-order valence-electron chi connectivity index (χ2n) is 5.54. The molecule has 2 saturated carbocycles. The fourth-order valence-corrected chi connectivity index (χ4v) is 1.53. The van der Waals surface area contributed by atoms with Crippen LogP contribution in [0.3, 0.4) is 0 Å². The predicted octanol–water partition coefficient (Wildman–Crippen LogP) is 2.71. The summed E-state index contributed by atoms with van der Waals surface area (Å²) in [5, 5.41) is 6.70. The molecule has 144 valence electrons. The van der Waals surface area contributed by atoms with Gasteiger partial charge >= 0.3 is 8.25 Å². The van der Waals surface area contributed by atoms with Crippen molar-refractivity contribution in [2.24, 2.45) is 16.5 Å². The van der Waals surface area contributed by atoms with Crippen LogP contribution in [0.2, 0.25) is 0 Å². The lowest BCUT2D eigenvalue weighted by Crippen LogP contribution is -2.32. The lowest BCUT2D eigenvalue weighted by Gasteiger charge is -2.08. The molecule has 8 nitrogen and oxygen atoms in total. The van der Waals surface area contributed by atoms with E-state index in [0.29, 0.717) is 0 Å². The highest BCUT2D eigenvalue weighted by atomic mass is 35.5. The molecule has 0 spiro atoms. The number of nitrogens with two attached hydrogens (primary N) is 2. The molecule has 0 aromatic carbocycles. The van der Waals surface area contributed by atoms with Gasteiger partial charge in [-0.05, 0) is 0 Å². The average Bonchev–Trinajstić information content (AvgIpc) is 2.38. The first-order valence-corrected chi connectivity index (χ1v) is 9.14. The molecule has 0 amide bonds. The van der Waals surface area contributed by atoms with E-state index in [0.717, 1.165) is 0 Å². The lowest BCUT2D eigenvalue weighted by atomic mass is 10.0. The van der Waals surface area contributed by atoms with Gasteiger partial charge in [0.25, 0.3) is 0 Å². The number of hydrogen-bond donors (Lipinski definition) is 5. The van der Waals surface area contributed by atoms with Crippen molar-refractivity contribution in [2.45, 2.75) is 64.2 Å². The molecule has 0 saturated heterocycles. The van der Waals surface area contributed by atoms with Crippen molar-refractivity contribution in [1.29, 1.82) is 5.41 Å². The summed E-state index contributed by atoms with van der Waals surface area (Å²) in [6, 6.07) is 0. The molecule has 24 heavy (non-hydrogen) atoms. The summed E-state index contributed by atoms with van der Waals surface area (Å²) in [4.78, 5) is 19.3. The summed E-state index contributed by atoms with van der Waals surface area (Å²) < 4.78 is 8.70. The zero-order valence-electron chi connectivity index (χ0n) is 14.8. The van der Waals surface area contributed by atoms with Crippen LogP contribution in [0.15, 0.2) is 4.99 Å². The summed E-state index contributed by atoms with van der Waals surface area (Å²) in [6.45, 7) is 0. The predicted molar refractivity (Wildman–Crippen MR) is 103 cm³/mol. The molecule has 0 unspecified atom stereocenters. The van der Waals surface area contributed by atoms with E-state index >= 15 is 0 Å². The Balaban J connectivity index is -0.000000255. The van der Waals surface area contributed by atoms with E-state index in [1.165, 1.54) is 64.2 Å². The lowest BCUT2D eigenvalue weighted by molar-refractivity contribution is 0.405. The van der Waals surface area contributed by atoms with Gasteiger partial charge in [-0.1, -0.05) is 64.2 Å². The monoisotopic (exact) mass is 386 g/mol. The van der Waals surface area contributed by atoms with Gasteiger partial charge in [0.2, 0.25) is 5.96 Å². The summed E-state index contributed by atoms with van der Waals surface area (Å²) in [6.07, 6.45) is 15.0. The van der Waals surface area contributed by atoms with Crippen LogP contribution in [0.1, 0.15) is 64.2 Å². The standard InChI is InChI=1S/C6H12.C4H11N5.C4H8.ClH.HO3P/c1-2-4-6-5-3-1;1-9(2)4(7)8-3(5)6;1-2-4-3-1;;1-4(2)3/h1-6H2;1-2H3,(H5,5,6,7,8);1-4H2;1H;(H-,1,2,3)/p+1. The second kappa shape index (κ2) is 20.1. The maximum absolute atomic E-state index is 8.70. The van der Waals surface area contributed by atoms with E-state index in [9.17, 15) is 0 Å². The first-order valence-electron chi connectivity index (χ1n) is 7.98. The number of hydrogen-bond acceptors (Lipinski definition) is 2. The van der Waals surface area contributed by atoms with Gasteiger partial charge in [-0.3, -0.25) is 5.41 Å². The molecule has 0 atom stereocenters. The maximum atomic E-state index is 8.70. The van der Waals surface area contributed by atoms with Gasteiger partial charge in [-0.15, -0.1) is 22.2 Å². The number of guanidine groups is 2. The third-order valence-corrected chi connectivity index (χ3v) is 3.19. The number of nitrogens with zero attached hydrogens (tertiary/aromatic N) is 2. The molecule has 0 aromatic heterocycles. The summed E-state index contributed by atoms with van der Waals surface area (Å²) in [7, 11) is 0.578. The zero-order chi connectivity index (χ0) is 18.1. The Morgan fingerprint density at radius 3 is 1.21 bits per heavy atom. The molecule has 0 aromatic rings. The van der Waals surface area contributed by atoms with Crippen molar-refractivity contribution in [3.8, 4) is 0 Å². The van der Waals surface area contributed by atoms with Gasteiger partial charge in [-0.25, -0.2) is 0 Å². The Morgan fingerprint density at radius 1 is 0.917 bits per heavy atom. The fourth-order valence-electron chi connectivity index (χ4n) is 1.53. The van der Waals surface area contributed by atoms with E-state index in [2.05, 4.69) is 4.99 Å². The number of halogens is 1. The average molecular weight is 387 g/mol. The van der Waals surface area contributed by atoms with Crippen LogP contribution in [0, 0.1) is 5.41 Å². The fraction of sp³-hybridized carbons (Fsp3) is 0.857. The number of nitrogens with one attached hydrogen (secondary N) is 1. The van der Waals surface area contributed by atoms with Crippen LogP contribution in [-0.4, -0.2) is 40.7 Å². The molecule has 2 rings (SSSR count). The number of rotatable bonds is 0. The Bertz CT molecular complexity index is 330. The molecule has 7 N–H and O–H groups in total.